The molecule has 1 fully saturated rings. The van der Waals surface area contributed by atoms with Crippen molar-refractivity contribution >= 4 is 38.8 Å². The first-order valence-electron chi connectivity index (χ1n) is 10.5. The molecule has 2 heterocycles. The van der Waals surface area contributed by atoms with Gasteiger partial charge in [-0.1, -0.05) is 30.3 Å². The van der Waals surface area contributed by atoms with Gasteiger partial charge in [0.2, 0.25) is 5.91 Å². The number of rotatable bonds is 4. The van der Waals surface area contributed by atoms with Crippen molar-refractivity contribution in [2.24, 2.45) is 4.40 Å². The van der Waals surface area contributed by atoms with E-state index in [1.807, 2.05) is 59.5 Å². The van der Waals surface area contributed by atoms with Crippen molar-refractivity contribution in [3.8, 4) is 0 Å². The highest BCUT2D eigenvalue weighted by Crippen LogP contribution is 2.31. The summed E-state index contributed by atoms with van der Waals surface area (Å²) < 4.78 is 28.8. The molecule has 0 aliphatic carbocycles. The second-order valence-corrected chi connectivity index (χ2v) is 9.37. The van der Waals surface area contributed by atoms with Gasteiger partial charge in [-0.05, 0) is 61.4 Å². The summed E-state index contributed by atoms with van der Waals surface area (Å²) in [6.07, 6.45) is 1.43. The maximum Gasteiger partial charge on any atom is 0.285 e. The Bertz CT molecular complexity index is 1290. The molecule has 8 heteroatoms. The molecular formula is C24H22N4O3S. The van der Waals surface area contributed by atoms with Gasteiger partial charge in [-0.25, -0.2) is 0 Å². The SMILES string of the molecule is O=C(Nc1ccc(Nc2ccccc2)cc1)[C@@H]1CCCN1C1=NS(=O)(=O)c2ccccc21. The Morgan fingerprint density at radius 1 is 0.875 bits per heavy atom. The van der Waals surface area contributed by atoms with Crippen LogP contribution in [0.25, 0.3) is 0 Å². The third kappa shape index (κ3) is 3.85. The summed E-state index contributed by atoms with van der Waals surface area (Å²) >= 11 is 0. The van der Waals surface area contributed by atoms with Crippen molar-refractivity contribution < 1.29 is 13.2 Å². The molecule has 5 rings (SSSR count). The molecule has 162 valence electrons. The van der Waals surface area contributed by atoms with Gasteiger partial charge in [-0.3, -0.25) is 4.79 Å². The Kier molecular flexibility index (Phi) is 5.14. The number of nitrogens with zero attached hydrogens (tertiary/aromatic N) is 2. The number of fused-ring (bicyclic) bond motifs is 1. The van der Waals surface area contributed by atoms with Gasteiger partial charge >= 0.3 is 0 Å². The molecule has 2 N–H and O–H groups in total. The normalized spacial score (nSPS) is 18.7. The molecule has 0 spiro atoms. The van der Waals surface area contributed by atoms with E-state index in [-0.39, 0.29) is 10.8 Å². The highest BCUT2D eigenvalue weighted by molar-refractivity contribution is 7.90. The van der Waals surface area contributed by atoms with E-state index < -0.39 is 16.1 Å². The zero-order chi connectivity index (χ0) is 22.1. The number of amides is 1. The fourth-order valence-corrected chi connectivity index (χ4v) is 5.36. The van der Waals surface area contributed by atoms with E-state index in [2.05, 4.69) is 15.0 Å². The minimum absolute atomic E-state index is 0.171. The number of carbonyl (C=O) groups excluding carboxylic acids is 1. The van der Waals surface area contributed by atoms with Gasteiger partial charge in [0.25, 0.3) is 10.0 Å². The van der Waals surface area contributed by atoms with Gasteiger partial charge in [0, 0.05) is 29.2 Å². The number of benzene rings is 3. The van der Waals surface area contributed by atoms with E-state index in [4.69, 9.17) is 0 Å². The second-order valence-electron chi connectivity index (χ2n) is 7.80. The van der Waals surface area contributed by atoms with Crippen LogP contribution in [0.3, 0.4) is 0 Å². The number of sulfonamides is 1. The number of anilines is 3. The fraction of sp³-hybridized carbons (Fsp3) is 0.167. The van der Waals surface area contributed by atoms with Crippen LogP contribution < -0.4 is 10.6 Å². The Morgan fingerprint density at radius 3 is 2.31 bits per heavy atom. The molecule has 1 saturated heterocycles. The number of amidine groups is 1. The van der Waals surface area contributed by atoms with E-state index in [9.17, 15) is 13.2 Å². The number of hydrogen-bond acceptors (Lipinski definition) is 5. The smallest absolute Gasteiger partial charge is 0.285 e. The molecule has 2 aliphatic heterocycles. The highest BCUT2D eigenvalue weighted by Gasteiger charge is 2.39. The van der Waals surface area contributed by atoms with Crippen LogP contribution in [0.5, 0.6) is 0 Å². The van der Waals surface area contributed by atoms with Crippen LogP contribution in [0, 0.1) is 0 Å². The second kappa shape index (κ2) is 8.12. The van der Waals surface area contributed by atoms with Gasteiger partial charge in [0.05, 0.1) is 0 Å². The molecule has 1 atom stereocenters. The summed E-state index contributed by atoms with van der Waals surface area (Å²) in [6.45, 7) is 0.584. The van der Waals surface area contributed by atoms with Crippen LogP contribution in [-0.2, 0) is 14.8 Å². The minimum atomic E-state index is -3.72. The van der Waals surface area contributed by atoms with Crippen LogP contribution in [0.15, 0.2) is 88.2 Å². The lowest BCUT2D eigenvalue weighted by atomic mass is 10.1. The maximum atomic E-state index is 13.1. The maximum absolute atomic E-state index is 13.1. The van der Waals surface area contributed by atoms with E-state index in [1.54, 1.807) is 24.3 Å². The molecule has 0 aromatic heterocycles. The number of carbonyl (C=O) groups is 1. The van der Waals surface area contributed by atoms with Crippen molar-refractivity contribution in [3.05, 3.63) is 84.4 Å². The lowest BCUT2D eigenvalue weighted by Crippen LogP contribution is -2.43. The Labute approximate surface area is 186 Å². The molecular weight excluding hydrogens is 424 g/mol. The summed E-state index contributed by atoms with van der Waals surface area (Å²) in [5.74, 6) is 0.191. The van der Waals surface area contributed by atoms with Crippen LogP contribution >= 0.6 is 0 Å². The van der Waals surface area contributed by atoms with E-state index in [0.29, 0.717) is 30.1 Å². The van der Waals surface area contributed by atoms with Crippen LogP contribution in [0.4, 0.5) is 17.1 Å². The van der Waals surface area contributed by atoms with Gasteiger partial charge in [-0.15, -0.1) is 4.40 Å². The highest BCUT2D eigenvalue weighted by atomic mass is 32.2. The Hall–Kier alpha value is -3.65. The fourth-order valence-electron chi connectivity index (χ4n) is 4.14. The molecule has 3 aromatic carbocycles. The van der Waals surface area contributed by atoms with Crippen LogP contribution in [-0.4, -0.2) is 37.6 Å². The van der Waals surface area contributed by atoms with Gasteiger partial charge in [0.15, 0.2) is 5.84 Å². The molecule has 0 bridgehead atoms. The first-order valence-corrected chi connectivity index (χ1v) is 11.9. The van der Waals surface area contributed by atoms with Crippen LogP contribution in [0.2, 0.25) is 0 Å². The Balaban J connectivity index is 1.31. The van der Waals surface area contributed by atoms with Gasteiger partial charge in [0.1, 0.15) is 10.9 Å². The van der Waals surface area contributed by atoms with Crippen molar-refractivity contribution in [2.75, 3.05) is 17.2 Å². The predicted molar refractivity (Wildman–Crippen MR) is 125 cm³/mol. The number of likely N-dealkylation sites (tertiary alicyclic amines) is 1. The van der Waals surface area contributed by atoms with Gasteiger partial charge in [-0.2, -0.15) is 8.42 Å². The van der Waals surface area contributed by atoms with E-state index >= 15 is 0 Å². The summed E-state index contributed by atoms with van der Waals surface area (Å²) in [5.41, 5.74) is 3.14. The summed E-state index contributed by atoms with van der Waals surface area (Å²) in [6, 6.07) is 23.6. The molecule has 1 amide bonds. The molecule has 2 aliphatic rings. The zero-order valence-corrected chi connectivity index (χ0v) is 18.0. The molecule has 7 nitrogen and oxygen atoms in total. The lowest BCUT2D eigenvalue weighted by Gasteiger charge is -2.25. The monoisotopic (exact) mass is 446 g/mol. The van der Waals surface area contributed by atoms with Crippen molar-refractivity contribution in [3.63, 3.8) is 0 Å². The molecule has 32 heavy (non-hydrogen) atoms. The van der Waals surface area contributed by atoms with Crippen molar-refractivity contribution in [1.82, 2.24) is 4.90 Å². The first kappa shape index (κ1) is 20.3. The summed E-state index contributed by atoms with van der Waals surface area (Å²) in [7, 11) is -3.72. The third-order valence-electron chi connectivity index (χ3n) is 5.65. The predicted octanol–water partition coefficient (Wildman–Crippen LogP) is 3.98. The number of nitrogens with one attached hydrogen (secondary N) is 2. The molecule has 3 aromatic rings. The van der Waals surface area contributed by atoms with E-state index in [0.717, 1.165) is 17.8 Å². The van der Waals surface area contributed by atoms with E-state index in [1.165, 1.54) is 0 Å². The average Bonchev–Trinajstić information content (AvgIpc) is 3.39. The Morgan fingerprint density at radius 2 is 1.53 bits per heavy atom. The van der Waals surface area contributed by atoms with Crippen LogP contribution in [0.1, 0.15) is 18.4 Å². The first-order chi connectivity index (χ1) is 15.5. The standard InChI is InChI=1S/C24H22N4O3S/c29-24(26-19-14-12-18(13-15-19)25-17-7-2-1-3-8-17)21-10-6-16-28(21)23-20-9-4-5-11-22(20)32(30,31)27-23/h1-5,7-9,11-15,21,25H,6,10,16H2,(H,26,29)/t21-/m0/s1. The molecule has 0 unspecified atom stereocenters. The topological polar surface area (TPSA) is 90.9 Å². The average molecular weight is 447 g/mol. The molecule has 0 radical (unpaired) electrons. The summed E-state index contributed by atoms with van der Waals surface area (Å²) in [5, 5.41) is 6.27. The minimum Gasteiger partial charge on any atom is -0.356 e. The number of hydrogen-bond donors (Lipinski definition) is 2. The largest absolute Gasteiger partial charge is 0.356 e. The zero-order valence-electron chi connectivity index (χ0n) is 17.2. The van der Waals surface area contributed by atoms with Gasteiger partial charge < -0.3 is 15.5 Å². The van der Waals surface area contributed by atoms with Crippen molar-refractivity contribution in [2.45, 2.75) is 23.8 Å². The quantitative estimate of drug-likeness (QED) is 0.633. The lowest BCUT2D eigenvalue weighted by molar-refractivity contribution is -0.119. The van der Waals surface area contributed by atoms with Crippen molar-refractivity contribution in [1.29, 1.82) is 0 Å². The third-order valence-corrected chi connectivity index (χ3v) is 6.98. The molecule has 0 saturated carbocycles. The summed E-state index contributed by atoms with van der Waals surface area (Å²) in [4.78, 5) is 15.1. The number of para-hydroxylation sites is 1.